The zero-order valence-corrected chi connectivity index (χ0v) is 15.5. The maximum atomic E-state index is 10.5. The Balaban J connectivity index is 0.000000403. The van der Waals surface area contributed by atoms with Crippen molar-refractivity contribution in [3.05, 3.63) is 83.9 Å². The molecule has 0 N–H and O–H groups in total. The van der Waals surface area contributed by atoms with Crippen molar-refractivity contribution in [2.45, 2.75) is 13.8 Å². The summed E-state index contributed by atoms with van der Waals surface area (Å²) in [4.78, 5) is 21.1. The molecule has 2 aromatic carbocycles. The molecule has 0 aliphatic rings. The van der Waals surface area contributed by atoms with Gasteiger partial charge in [-0.1, -0.05) is 72.8 Å². The molecule has 2 rings (SSSR count). The van der Waals surface area contributed by atoms with Gasteiger partial charge >= 0.3 is 0 Å². The second-order valence-corrected chi connectivity index (χ2v) is 4.71. The Morgan fingerprint density at radius 2 is 0.957 bits per heavy atom. The Hall–Kier alpha value is -2.05. The van der Waals surface area contributed by atoms with Crippen LogP contribution < -0.4 is 0 Å². The van der Waals surface area contributed by atoms with Gasteiger partial charge in [0.15, 0.2) is 11.6 Å². The van der Waals surface area contributed by atoms with E-state index in [2.05, 4.69) is 0 Å². The topological polar surface area (TPSA) is 34.1 Å². The van der Waals surface area contributed by atoms with E-state index >= 15 is 0 Å². The first-order chi connectivity index (χ1) is 10.6. The largest absolute Gasteiger partial charge is 0.295 e. The van der Waals surface area contributed by atoms with Crippen LogP contribution in [-0.2, 0) is 30.7 Å². The van der Waals surface area contributed by atoms with E-state index in [1.807, 2.05) is 72.8 Å². The molecule has 0 bridgehead atoms. The van der Waals surface area contributed by atoms with E-state index < -0.39 is 0 Å². The summed E-state index contributed by atoms with van der Waals surface area (Å²) in [6.45, 7) is 3.08. The third kappa shape index (κ3) is 11.2. The molecule has 0 atom stereocenters. The van der Waals surface area contributed by atoms with Crippen LogP contribution in [0.1, 0.15) is 25.0 Å². The van der Waals surface area contributed by atoms with Crippen molar-refractivity contribution in [3.8, 4) is 0 Å². The Morgan fingerprint density at radius 3 is 1.22 bits per heavy atom. The molecule has 0 amide bonds. The van der Waals surface area contributed by atoms with Crippen molar-refractivity contribution in [3.63, 3.8) is 0 Å². The molecule has 0 aliphatic heterocycles. The number of hydrogen-bond donors (Lipinski definition) is 0. The Kier molecular flexibility index (Phi) is 11.4. The molecule has 0 aliphatic carbocycles. The van der Waals surface area contributed by atoms with Crippen LogP contribution in [0.3, 0.4) is 0 Å². The number of hydrogen-bond acceptors (Lipinski definition) is 2. The number of allylic oxidation sites excluding steroid dienone is 2. The number of carbonyl (C=O) groups excluding carboxylic acids is 2. The smallest absolute Gasteiger partial charge is 0.152 e. The molecule has 0 saturated carbocycles. The van der Waals surface area contributed by atoms with E-state index in [1.54, 1.807) is 26.0 Å². The van der Waals surface area contributed by atoms with Crippen molar-refractivity contribution >= 4 is 23.7 Å². The van der Waals surface area contributed by atoms with Gasteiger partial charge in [-0.15, -0.1) is 0 Å². The van der Waals surface area contributed by atoms with Gasteiger partial charge in [-0.05, 0) is 37.1 Å². The zero-order valence-electron chi connectivity index (χ0n) is 13.2. The predicted octanol–water partition coefficient (Wildman–Crippen LogP) is 4.58. The average Bonchev–Trinajstić information content (AvgIpc) is 2.53. The van der Waals surface area contributed by atoms with Gasteiger partial charge in [0.1, 0.15) is 0 Å². The van der Waals surface area contributed by atoms with Gasteiger partial charge < -0.3 is 0 Å². The molecule has 0 saturated heterocycles. The number of ketones is 2. The second kappa shape index (κ2) is 12.5. The third-order valence-corrected chi connectivity index (χ3v) is 2.62. The fraction of sp³-hybridized carbons (Fsp3) is 0.100. The molecular formula is C20H20O2Pt. The van der Waals surface area contributed by atoms with Crippen molar-refractivity contribution in [2.75, 3.05) is 0 Å². The first-order valence-electron chi connectivity index (χ1n) is 7.05. The molecular weight excluding hydrogens is 467 g/mol. The Labute approximate surface area is 152 Å². The molecule has 23 heavy (non-hydrogen) atoms. The first kappa shape index (κ1) is 20.9. The molecule has 0 aromatic heterocycles. The first-order valence-corrected chi connectivity index (χ1v) is 7.05. The molecule has 0 unspecified atom stereocenters. The van der Waals surface area contributed by atoms with Gasteiger partial charge in [-0.25, -0.2) is 0 Å². The molecule has 2 nitrogen and oxygen atoms in total. The molecule has 3 heteroatoms. The molecule has 122 valence electrons. The van der Waals surface area contributed by atoms with Gasteiger partial charge in [-0.3, -0.25) is 9.59 Å². The summed E-state index contributed by atoms with van der Waals surface area (Å²) in [6.07, 6.45) is 6.75. The molecule has 2 aromatic rings. The summed E-state index contributed by atoms with van der Waals surface area (Å²) in [5, 5.41) is 0. The van der Waals surface area contributed by atoms with Gasteiger partial charge in [-0.2, -0.15) is 0 Å². The average molecular weight is 487 g/mol. The van der Waals surface area contributed by atoms with Crippen LogP contribution in [0.4, 0.5) is 0 Å². The van der Waals surface area contributed by atoms with Gasteiger partial charge in [0, 0.05) is 21.1 Å². The minimum atomic E-state index is 0. The summed E-state index contributed by atoms with van der Waals surface area (Å²) in [5.41, 5.74) is 2.12. The van der Waals surface area contributed by atoms with Gasteiger partial charge in [0.05, 0.1) is 0 Å². The number of carbonyl (C=O) groups is 2. The monoisotopic (exact) mass is 487 g/mol. The second-order valence-electron chi connectivity index (χ2n) is 4.71. The maximum absolute atomic E-state index is 10.5. The molecule has 0 spiro atoms. The molecule has 0 heterocycles. The van der Waals surface area contributed by atoms with Crippen molar-refractivity contribution in [1.29, 1.82) is 0 Å². The zero-order chi connectivity index (χ0) is 16.2. The van der Waals surface area contributed by atoms with Crippen LogP contribution in [0.2, 0.25) is 0 Å². The van der Waals surface area contributed by atoms with Crippen LogP contribution >= 0.6 is 0 Å². The van der Waals surface area contributed by atoms with Gasteiger partial charge in [0.2, 0.25) is 0 Å². The van der Waals surface area contributed by atoms with Crippen molar-refractivity contribution < 1.29 is 30.7 Å². The van der Waals surface area contributed by atoms with Crippen LogP contribution in [0, 0.1) is 0 Å². The van der Waals surface area contributed by atoms with E-state index in [4.69, 9.17) is 0 Å². The summed E-state index contributed by atoms with van der Waals surface area (Å²) in [6, 6.07) is 19.5. The standard InChI is InChI=1S/2C10H10O.Pt/c2*1-9(11)7-8-10-5-3-2-4-6-10;/h2*2-8H,1H3;. The molecule has 0 radical (unpaired) electrons. The number of benzene rings is 2. The van der Waals surface area contributed by atoms with Gasteiger partial charge in [0.25, 0.3) is 0 Å². The predicted molar refractivity (Wildman–Crippen MR) is 92.3 cm³/mol. The minimum absolute atomic E-state index is 0. The summed E-state index contributed by atoms with van der Waals surface area (Å²) in [7, 11) is 0. The van der Waals surface area contributed by atoms with Crippen LogP contribution in [0.15, 0.2) is 72.8 Å². The quantitative estimate of drug-likeness (QED) is 0.592. The van der Waals surface area contributed by atoms with E-state index in [0.29, 0.717) is 0 Å². The Morgan fingerprint density at radius 1 is 0.652 bits per heavy atom. The van der Waals surface area contributed by atoms with Crippen LogP contribution in [0.5, 0.6) is 0 Å². The summed E-state index contributed by atoms with van der Waals surface area (Å²) < 4.78 is 0. The fourth-order valence-corrected chi connectivity index (χ4v) is 1.56. The van der Waals surface area contributed by atoms with E-state index in [9.17, 15) is 9.59 Å². The van der Waals surface area contributed by atoms with E-state index in [1.165, 1.54) is 0 Å². The normalized spacial score (nSPS) is 9.83. The summed E-state index contributed by atoms with van der Waals surface area (Å²) in [5.74, 6) is 0.155. The number of rotatable bonds is 4. The summed E-state index contributed by atoms with van der Waals surface area (Å²) >= 11 is 0. The van der Waals surface area contributed by atoms with Crippen molar-refractivity contribution in [1.82, 2.24) is 0 Å². The maximum Gasteiger partial charge on any atom is 0.152 e. The van der Waals surface area contributed by atoms with Crippen LogP contribution in [-0.4, -0.2) is 11.6 Å². The molecule has 0 fully saturated rings. The van der Waals surface area contributed by atoms with Crippen LogP contribution in [0.25, 0.3) is 12.2 Å². The fourth-order valence-electron chi connectivity index (χ4n) is 1.56. The minimum Gasteiger partial charge on any atom is -0.295 e. The SMILES string of the molecule is CC(=O)C=Cc1ccccc1.CC(=O)C=Cc1ccccc1.[Pt]. The van der Waals surface area contributed by atoms with E-state index in [0.717, 1.165) is 11.1 Å². The van der Waals surface area contributed by atoms with Crippen molar-refractivity contribution in [2.24, 2.45) is 0 Å². The van der Waals surface area contributed by atoms with E-state index in [-0.39, 0.29) is 32.6 Å². The third-order valence-electron chi connectivity index (χ3n) is 2.62. The Bertz CT molecular complexity index is 584.